The molecular weight excluding hydrogens is 582 g/mol. The van der Waals surface area contributed by atoms with Crippen LogP contribution in [-0.2, 0) is 33.5 Å². The van der Waals surface area contributed by atoms with Crippen molar-refractivity contribution in [2.45, 2.75) is 49.5 Å². The van der Waals surface area contributed by atoms with E-state index < -0.39 is 57.8 Å². The molecule has 2 aliphatic heterocycles. The second kappa shape index (κ2) is 12.1. The summed E-state index contributed by atoms with van der Waals surface area (Å²) < 4.78 is 4.02. The largest absolute Gasteiger partial charge is 0.480 e. The minimum Gasteiger partial charge on any atom is -0.480 e. The number of nitrogens with one attached hydrogen (secondary N) is 2. The number of carboxylic acids is 1. The van der Waals surface area contributed by atoms with Gasteiger partial charge in [0.2, 0.25) is 18.9 Å². The van der Waals surface area contributed by atoms with Crippen LogP contribution in [0, 0.1) is 0 Å². The lowest BCUT2D eigenvalue weighted by molar-refractivity contribution is -0.160. The quantitative estimate of drug-likeness (QED) is 0.109. The van der Waals surface area contributed by atoms with Crippen LogP contribution in [0.3, 0.4) is 0 Å². The molecule has 208 valence electrons. The summed E-state index contributed by atoms with van der Waals surface area (Å²) in [5.74, 6) is -2.22. The van der Waals surface area contributed by atoms with Crippen molar-refractivity contribution in [1.29, 1.82) is 0 Å². The van der Waals surface area contributed by atoms with Crippen LogP contribution in [0.25, 0.3) is 0 Å². The number of hydrogen-bond donors (Lipinski definition) is 3. The Morgan fingerprint density at radius 1 is 1.39 bits per heavy atom. The normalized spacial score (nSPS) is 23.1. The van der Waals surface area contributed by atoms with Gasteiger partial charge >= 0.3 is 11.9 Å². The highest BCUT2D eigenvalue weighted by molar-refractivity contribution is 8.05. The highest BCUT2D eigenvalue weighted by Crippen LogP contribution is 2.44. The smallest absolute Gasteiger partial charge is 0.347 e. The third-order valence-electron chi connectivity index (χ3n) is 5.12. The zero-order chi connectivity index (χ0) is 28.3. The highest BCUT2D eigenvalue weighted by Gasteiger charge is 2.57. The fourth-order valence-corrected chi connectivity index (χ4v) is 7.43. The number of nitrogens with zero attached hydrogens (tertiary/aromatic N) is 3. The Morgan fingerprint density at radius 3 is 2.71 bits per heavy atom. The van der Waals surface area contributed by atoms with Crippen molar-refractivity contribution in [2.24, 2.45) is 5.16 Å². The maximum Gasteiger partial charge on any atom is 0.347 e. The number of carbonyl (C=O) groups is 5. The molecule has 13 nitrogen and oxygen atoms in total. The van der Waals surface area contributed by atoms with Gasteiger partial charge in [-0.05, 0) is 26.5 Å². The standard InChI is InChI=1S/C21H26ClN5O8S3/c1-5-37-21(18(32)33)7-27-16(31)13(17(27)36-8-21)24-15(30)12(11-14(22)38-19(25-11)23-9-28)26-34-6-10(29)35-20(2,3)4/h9,13,17H,5-8H2,1-4H3,(H,24,30)(H,32,33)(H,23,25,28)/t13?,17-,21?/m1/s1. The monoisotopic (exact) mass is 607 g/mol. The highest BCUT2D eigenvalue weighted by atomic mass is 35.5. The first kappa shape index (κ1) is 30.0. The lowest BCUT2D eigenvalue weighted by Crippen LogP contribution is -2.74. The van der Waals surface area contributed by atoms with Gasteiger partial charge in [0.15, 0.2) is 10.8 Å². The summed E-state index contributed by atoms with van der Waals surface area (Å²) in [4.78, 5) is 71.3. The molecule has 2 saturated heterocycles. The average Bonchev–Trinajstić information content (AvgIpc) is 3.18. The van der Waals surface area contributed by atoms with E-state index in [4.69, 9.17) is 21.2 Å². The van der Waals surface area contributed by atoms with Gasteiger partial charge in [0.05, 0.1) is 0 Å². The molecule has 0 aromatic carbocycles. The SMILES string of the molecule is CCSC1(C(=O)O)CS[C@@H]2C(NC(=O)C(=NOCC(=O)OC(C)(C)C)c3nc(NC=O)sc3Cl)C(=O)N2C1. The maximum absolute atomic E-state index is 13.2. The van der Waals surface area contributed by atoms with E-state index in [0.29, 0.717) is 12.2 Å². The number of fused-ring (bicyclic) bond motifs is 1. The number of thiazole rings is 1. The number of aromatic nitrogens is 1. The summed E-state index contributed by atoms with van der Waals surface area (Å²) in [7, 11) is 0. The summed E-state index contributed by atoms with van der Waals surface area (Å²) in [5.41, 5.74) is -1.32. The molecule has 0 saturated carbocycles. The second-order valence-electron chi connectivity index (χ2n) is 9.05. The fraction of sp³-hybridized carbons (Fsp3) is 0.571. The lowest BCUT2D eigenvalue weighted by Gasteiger charge is -2.53. The number of carboxylic acid groups (broad SMARTS) is 1. The van der Waals surface area contributed by atoms with Crippen LogP contribution >= 0.6 is 46.5 Å². The molecule has 3 amide bonds. The van der Waals surface area contributed by atoms with Crippen LogP contribution in [0.4, 0.5) is 5.13 Å². The molecule has 17 heteroatoms. The number of aliphatic carboxylic acids is 1. The number of hydrogen-bond acceptors (Lipinski definition) is 12. The predicted molar refractivity (Wildman–Crippen MR) is 144 cm³/mol. The number of rotatable bonds is 11. The maximum atomic E-state index is 13.2. The number of β-lactam (4-membered cyclic amide) rings is 1. The van der Waals surface area contributed by atoms with E-state index in [1.54, 1.807) is 20.8 Å². The minimum absolute atomic E-state index is 0.000513. The molecule has 2 aliphatic rings. The van der Waals surface area contributed by atoms with Gasteiger partial charge in [0.1, 0.15) is 31.8 Å². The van der Waals surface area contributed by atoms with E-state index in [2.05, 4.69) is 20.8 Å². The Labute approximate surface area is 235 Å². The van der Waals surface area contributed by atoms with Gasteiger partial charge in [-0.2, -0.15) is 0 Å². The summed E-state index contributed by atoms with van der Waals surface area (Å²) in [6, 6.07) is -0.952. The number of esters is 1. The molecule has 3 N–H and O–H groups in total. The zero-order valence-electron chi connectivity index (χ0n) is 20.8. The topological polar surface area (TPSA) is 177 Å². The number of oxime groups is 1. The predicted octanol–water partition coefficient (Wildman–Crippen LogP) is 1.40. The van der Waals surface area contributed by atoms with Crippen LogP contribution < -0.4 is 10.6 Å². The molecule has 3 heterocycles. The van der Waals surface area contributed by atoms with Gasteiger partial charge in [0, 0.05) is 12.3 Å². The van der Waals surface area contributed by atoms with Crippen LogP contribution in [0.5, 0.6) is 0 Å². The van der Waals surface area contributed by atoms with Crippen LogP contribution in [0.1, 0.15) is 33.4 Å². The summed E-state index contributed by atoms with van der Waals surface area (Å²) in [6.45, 7) is 6.27. The van der Waals surface area contributed by atoms with Crippen LogP contribution in [0.15, 0.2) is 5.16 Å². The zero-order valence-corrected chi connectivity index (χ0v) is 24.0. The number of amides is 3. The van der Waals surface area contributed by atoms with Gasteiger partial charge < -0.3 is 30.2 Å². The first-order chi connectivity index (χ1) is 17.8. The van der Waals surface area contributed by atoms with Crippen molar-refractivity contribution in [2.75, 3.05) is 30.0 Å². The van der Waals surface area contributed by atoms with E-state index >= 15 is 0 Å². The van der Waals surface area contributed by atoms with E-state index in [-0.39, 0.29) is 27.5 Å². The van der Waals surface area contributed by atoms with Crippen molar-refractivity contribution in [3.05, 3.63) is 10.0 Å². The molecule has 2 fully saturated rings. The van der Waals surface area contributed by atoms with Crippen LogP contribution in [-0.4, -0.2) is 97.3 Å². The summed E-state index contributed by atoms with van der Waals surface area (Å²) in [6.07, 6.45) is 0.380. The number of thioether (sulfide) groups is 2. The Kier molecular flexibility index (Phi) is 9.54. The molecule has 0 bridgehead atoms. The van der Waals surface area contributed by atoms with E-state index in [1.165, 1.54) is 28.4 Å². The Bertz CT molecular complexity index is 1160. The first-order valence-electron chi connectivity index (χ1n) is 11.2. The van der Waals surface area contributed by atoms with Crippen molar-refractivity contribution >= 4 is 87.5 Å². The number of halogens is 1. The Balaban J connectivity index is 1.77. The molecule has 3 rings (SSSR count). The van der Waals surface area contributed by atoms with E-state index in [9.17, 15) is 29.1 Å². The summed E-state index contributed by atoms with van der Waals surface area (Å²) >= 11 is 9.60. The average molecular weight is 608 g/mol. The van der Waals surface area contributed by atoms with Gasteiger partial charge in [-0.25, -0.2) is 9.78 Å². The van der Waals surface area contributed by atoms with Gasteiger partial charge in [-0.3, -0.25) is 19.2 Å². The number of anilines is 1. The van der Waals surface area contributed by atoms with Gasteiger partial charge in [-0.1, -0.05) is 35.0 Å². The van der Waals surface area contributed by atoms with Crippen molar-refractivity contribution < 1.29 is 38.7 Å². The molecule has 1 aromatic rings. The third-order valence-corrected chi connectivity index (χ3v) is 9.30. The molecule has 3 atom stereocenters. The Morgan fingerprint density at radius 2 is 2.11 bits per heavy atom. The van der Waals surface area contributed by atoms with E-state index in [0.717, 1.165) is 11.3 Å². The van der Waals surface area contributed by atoms with Gasteiger partial charge in [-0.15, -0.1) is 23.5 Å². The fourth-order valence-electron chi connectivity index (χ4n) is 3.59. The molecular formula is C21H26ClN5O8S3. The van der Waals surface area contributed by atoms with Crippen molar-refractivity contribution in [1.82, 2.24) is 15.2 Å². The Hall–Kier alpha value is -2.56. The lowest BCUT2D eigenvalue weighted by atomic mass is 10.0. The molecule has 1 aromatic heterocycles. The molecule has 0 radical (unpaired) electrons. The first-order valence-corrected chi connectivity index (χ1v) is 14.4. The summed E-state index contributed by atoms with van der Waals surface area (Å²) in [5, 5.41) is 18.0. The minimum atomic E-state index is -1.13. The van der Waals surface area contributed by atoms with E-state index in [1.807, 2.05) is 6.92 Å². The van der Waals surface area contributed by atoms with Crippen LogP contribution in [0.2, 0.25) is 4.34 Å². The van der Waals surface area contributed by atoms with Crippen molar-refractivity contribution in [3.8, 4) is 0 Å². The van der Waals surface area contributed by atoms with Gasteiger partial charge in [0.25, 0.3) is 5.91 Å². The second-order valence-corrected chi connectivity index (χ2v) is 13.4. The molecule has 38 heavy (non-hydrogen) atoms. The molecule has 0 aliphatic carbocycles. The number of ether oxygens (including phenoxy) is 1. The number of carbonyl (C=O) groups excluding carboxylic acids is 4. The molecule has 0 spiro atoms. The van der Waals surface area contributed by atoms with Crippen molar-refractivity contribution in [3.63, 3.8) is 0 Å². The third kappa shape index (κ3) is 6.71. The molecule has 2 unspecified atom stereocenters.